The molecule has 1 nitrogen and oxygen atoms in total. The molecule has 1 aromatic carbocycles. The van der Waals surface area contributed by atoms with Gasteiger partial charge in [-0.25, -0.2) is 0 Å². The average molecular weight is 259 g/mol. The standard InChI is InChI=1S/C18H29N/c1-6-18(7-2,16-12-10-9-11-13-16)17(19-8-3)14-15(4)5/h9-14,17,19H,6-8H2,1-5H3. The van der Waals surface area contributed by atoms with Gasteiger partial charge >= 0.3 is 0 Å². The third kappa shape index (κ3) is 3.70. The lowest BCUT2D eigenvalue weighted by Crippen LogP contribution is -2.47. The molecule has 0 aromatic heterocycles. The van der Waals surface area contributed by atoms with Gasteiger partial charge in [0.05, 0.1) is 0 Å². The van der Waals surface area contributed by atoms with Crippen LogP contribution in [0, 0.1) is 0 Å². The van der Waals surface area contributed by atoms with Crippen molar-refractivity contribution in [3.8, 4) is 0 Å². The second kappa shape index (κ2) is 7.49. The molecule has 0 spiro atoms. The van der Waals surface area contributed by atoms with Crippen LogP contribution in [0.3, 0.4) is 0 Å². The van der Waals surface area contributed by atoms with Crippen molar-refractivity contribution in [3.05, 3.63) is 47.5 Å². The first-order valence-electron chi connectivity index (χ1n) is 7.54. The molecule has 1 unspecified atom stereocenters. The molecular weight excluding hydrogens is 230 g/mol. The predicted octanol–water partition coefficient (Wildman–Crippen LogP) is 4.69. The summed E-state index contributed by atoms with van der Waals surface area (Å²) in [4.78, 5) is 0. The van der Waals surface area contributed by atoms with Crippen LogP contribution in [0.5, 0.6) is 0 Å². The normalized spacial score (nSPS) is 13.1. The third-order valence-electron chi connectivity index (χ3n) is 4.13. The number of benzene rings is 1. The highest BCUT2D eigenvalue weighted by atomic mass is 14.9. The summed E-state index contributed by atoms with van der Waals surface area (Å²) in [6.45, 7) is 12.2. The van der Waals surface area contributed by atoms with Crippen LogP contribution in [0.4, 0.5) is 0 Å². The molecule has 0 radical (unpaired) electrons. The van der Waals surface area contributed by atoms with Gasteiger partial charge in [0.15, 0.2) is 0 Å². The van der Waals surface area contributed by atoms with Gasteiger partial charge in [0.25, 0.3) is 0 Å². The Hall–Kier alpha value is -1.08. The minimum atomic E-state index is 0.189. The molecule has 1 heteroatoms. The summed E-state index contributed by atoms with van der Waals surface area (Å²) in [6.07, 6.45) is 4.69. The van der Waals surface area contributed by atoms with E-state index in [0.717, 1.165) is 19.4 Å². The fourth-order valence-corrected chi connectivity index (χ4v) is 3.01. The summed E-state index contributed by atoms with van der Waals surface area (Å²) in [5.74, 6) is 0. The zero-order chi connectivity index (χ0) is 14.3. The van der Waals surface area contributed by atoms with Crippen molar-refractivity contribution in [1.29, 1.82) is 0 Å². The molecule has 1 aromatic rings. The molecule has 1 rings (SSSR count). The Kier molecular flexibility index (Phi) is 6.30. The number of rotatable bonds is 7. The first kappa shape index (κ1) is 16.0. The van der Waals surface area contributed by atoms with Gasteiger partial charge in [-0.05, 0) is 38.8 Å². The van der Waals surface area contributed by atoms with E-state index >= 15 is 0 Å². The number of hydrogen-bond acceptors (Lipinski definition) is 1. The topological polar surface area (TPSA) is 12.0 Å². The lowest BCUT2D eigenvalue weighted by molar-refractivity contribution is 0.314. The Labute approximate surface area is 119 Å². The molecule has 19 heavy (non-hydrogen) atoms. The molecule has 1 N–H and O–H groups in total. The summed E-state index contributed by atoms with van der Waals surface area (Å²) < 4.78 is 0. The molecule has 0 saturated carbocycles. The Bertz CT molecular complexity index is 383. The van der Waals surface area contributed by atoms with E-state index in [-0.39, 0.29) is 5.41 Å². The largest absolute Gasteiger partial charge is 0.310 e. The van der Waals surface area contributed by atoms with Crippen molar-refractivity contribution >= 4 is 0 Å². The Balaban J connectivity index is 3.26. The van der Waals surface area contributed by atoms with E-state index in [1.165, 1.54) is 11.1 Å². The molecule has 0 heterocycles. The maximum absolute atomic E-state index is 3.68. The maximum atomic E-state index is 3.68. The van der Waals surface area contributed by atoms with Gasteiger partial charge in [-0.2, -0.15) is 0 Å². The summed E-state index contributed by atoms with van der Waals surface area (Å²) in [6, 6.07) is 11.4. The lowest BCUT2D eigenvalue weighted by Gasteiger charge is -2.39. The lowest BCUT2D eigenvalue weighted by atomic mass is 9.69. The van der Waals surface area contributed by atoms with Crippen LogP contribution in [-0.4, -0.2) is 12.6 Å². The molecule has 0 saturated heterocycles. The molecule has 1 atom stereocenters. The van der Waals surface area contributed by atoms with E-state index in [2.05, 4.69) is 76.3 Å². The van der Waals surface area contributed by atoms with Crippen molar-refractivity contribution in [3.63, 3.8) is 0 Å². The summed E-state index contributed by atoms with van der Waals surface area (Å²) in [7, 11) is 0. The van der Waals surface area contributed by atoms with E-state index < -0.39 is 0 Å². The molecule has 0 aliphatic heterocycles. The first-order chi connectivity index (χ1) is 9.10. The van der Waals surface area contributed by atoms with Crippen LogP contribution in [0.2, 0.25) is 0 Å². The van der Waals surface area contributed by atoms with Gasteiger partial charge in [0.1, 0.15) is 0 Å². The fraction of sp³-hybridized carbons (Fsp3) is 0.556. The van der Waals surface area contributed by atoms with E-state index in [1.807, 2.05) is 0 Å². The highest BCUT2D eigenvalue weighted by molar-refractivity contribution is 5.30. The highest BCUT2D eigenvalue weighted by Gasteiger charge is 2.35. The first-order valence-corrected chi connectivity index (χ1v) is 7.54. The molecule has 0 aliphatic rings. The molecule has 0 amide bonds. The summed E-state index contributed by atoms with van der Waals surface area (Å²) >= 11 is 0. The summed E-state index contributed by atoms with van der Waals surface area (Å²) in [5.41, 5.74) is 3.02. The van der Waals surface area contributed by atoms with Gasteiger partial charge in [-0.1, -0.05) is 62.8 Å². The van der Waals surface area contributed by atoms with Gasteiger partial charge < -0.3 is 5.32 Å². The van der Waals surface area contributed by atoms with Gasteiger partial charge in [0.2, 0.25) is 0 Å². The van der Waals surface area contributed by atoms with Gasteiger partial charge in [-0.3, -0.25) is 0 Å². The van der Waals surface area contributed by atoms with Gasteiger partial charge in [0, 0.05) is 11.5 Å². The Morgan fingerprint density at radius 1 is 1.11 bits per heavy atom. The smallest absolute Gasteiger partial charge is 0.0349 e. The second-order valence-electron chi connectivity index (χ2n) is 5.51. The van der Waals surface area contributed by atoms with E-state index in [1.54, 1.807) is 0 Å². The quantitative estimate of drug-likeness (QED) is 0.701. The van der Waals surface area contributed by atoms with Crippen molar-refractivity contribution in [2.45, 2.75) is 58.9 Å². The zero-order valence-electron chi connectivity index (χ0n) is 13.2. The molecular formula is C18H29N. The van der Waals surface area contributed by atoms with Crippen molar-refractivity contribution < 1.29 is 0 Å². The van der Waals surface area contributed by atoms with E-state index in [4.69, 9.17) is 0 Å². The van der Waals surface area contributed by atoms with Crippen LogP contribution in [0.1, 0.15) is 53.0 Å². The zero-order valence-corrected chi connectivity index (χ0v) is 13.2. The van der Waals surface area contributed by atoms with Crippen molar-refractivity contribution in [2.75, 3.05) is 6.54 Å². The minimum absolute atomic E-state index is 0.189. The van der Waals surface area contributed by atoms with Gasteiger partial charge in [-0.15, -0.1) is 0 Å². The molecule has 0 aliphatic carbocycles. The van der Waals surface area contributed by atoms with Crippen LogP contribution < -0.4 is 5.32 Å². The number of hydrogen-bond donors (Lipinski definition) is 1. The Morgan fingerprint density at radius 2 is 1.68 bits per heavy atom. The predicted molar refractivity (Wildman–Crippen MR) is 85.6 cm³/mol. The minimum Gasteiger partial charge on any atom is -0.310 e. The number of allylic oxidation sites excluding steroid dienone is 1. The monoisotopic (exact) mass is 259 g/mol. The molecule has 0 bridgehead atoms. The van der Waals surface area contributed by atoms with Crippen LogP contribution in [0.15, 0.2) is 42.0 Å². The van der Waals surface area contributed by atoms with E-state index in [9.17, 15) is 0 Å². The average Bonchev–Trinajstić information content (AvgIpc) is 2.41. The number of likely N-dealkylation sites (N-methyl/N-ethyl adjacent to an activating group) is 1. The maximum Gasteiger partial charge on any atom is 0.0349 e. The van der Waals surface area contributed by atoms with E-state index in [0.29, 0.717) is 6.04 Å². The summed E-state index contributed by atoms with van der Waals surface area (Å²) in [5, 5.41) is 3.68. The second-order valence-corrected chi connectivity index (χ2v) is 5.51. The van der Waals surface area contributed by atoms with Crippen LogP contribution >= 0.6 is 0 Å². The Morgan fingerprint density at radius 3 is 2.11 bits per heavy atom. The number of nitrogens with one attached hydrogen (secondary N) is 1. The van der Waals surface area contributed by atoms with Crippen molar-refractivity contribution in [2.24, 2.45) is 0 Å². The fourth-order valence-electron chi connectivity index (χ4n) is 3.01. The SMILES string of the molecule is CCNC(C=C(C)C)C(CC)(CC)c1ccccc1. The third-order valence-corrected chi connectivity index (χ3v) is 4.13. The highest BCUT2D eigenvalue weighted by Crippen LogP contribution is 2.36. The molecule has 0 fully saturated rings. The van der Waals surface area contributed by atoms with Crippen LogP contribution in [0.25, 0.3) is 0 Å². The molecule has 106 valence electrons. The van der Waals surface area contributed by atoms with Crippen LogP contribution in [-0.2, 0) is 5.41 Å². The van der Waals surface area contributed by atoms with Crippen molar-refractivity contribution in [1.82, 2.24) is 5.32 Å².